The van der Waals surface area contributed by atoms with Crippen molar-refractivity contribution in [3.05, 3.63) is 41.2 Å². The SMILES string of the molecule is CCNc1nc(Nc2cc(C)cc(OC)c2)c(C(=O)O)cc1F. The molecule has 0 radical (unpaired) electrons. The summed E-state index contributed by atoms with van der Waals surface area (Å²) in [5, 5.41) is 14.9. The molecule has 6 nitrogen and oxygen atoms in total. The van der Waals surface area contributed by atoms with Crippen LogP contribution in [0.5, 0.6) is 5.75 Å². The van der Waals surface area contributed by atoms with Gasteiger partial charge in [-0.15, -0.1) is 0 Å². The topological polar surface area (TPSA) is 83.5 Å². The summed E-state index contributed by atoms with van der Waals surface area (Å²) in [4.78, 5) is 15.4. The molecule has 0 aliphatic heterocycles. The summed E-state index contributed by atoms with van der Waals surface area (Å²) in [6, 6.07) is 6.30. The normalized spacial score (nSPS) is 10.3. The van der Waals surface area contributed by atoms with Crippen molar-refractivity contribution >= 4 is 23.3 Å². The lowest BCUT2D eigenvalue weighted by molar-refractivity contribution is 0.0697. The van der Waals surface area contributed by atoms with Gasteiger partial charge in [-0.05, 0) is 37.6 Å². The minimum absolute atomic E-state index is 0.000354. The molecule has 3 N–H and O–H groups in total. The molecule has 7 heteroatoms. The van der Waals surface area contributed by atoms with Gasteiger partial charge in [-0.25, -0.2) is 14.2 Å². The number of nitrogens with one attached hydrogen (secondary N) is 2. The highest BCUT2D eigenvalue weighted by Crippen LogP contribution is 2.27. The van der Waals surface area contributed by atoms with Crippen molar-refractivity contribution in [2.45, 2.75) is 13.8 Å². The number of carboxylic acid groups (broad SMARTS) is 1. The first-order valence-corrected chi connectivity index (χ1v) is 7.05. The molecule has 2 rings (SSSR count). The molecule has 1 aromatic carbocycles. The Morgan fingerprint density at radius 1 is 1.30 bits per heavy atom. The smallest absolute Gasteiger partial charge is 0.339 e. The number of carboxylic acids is 1. The minimum Gasteiger partial charge on any atom is -0.497 e. The number of anilines is 3. The van der Waals surface area contributed by atoms with Crippen LogP contribution in [-0.2, 0) is 0 Å². The van der Waals surface area contributed by atoms with Gasteiger partial charge in [0.15, 0.2) is 11.6 Å². The third-order valence-corrected chi connectivity index (χ3v) is 3.10. The first kappa shape index (κ1) is 16.5. The van der Waals surface area contributed by atoms with Crippen LogP contribution in [0.25, 0.3) is 0 Å². The van der Waals surface area contributed by atoms with E-state index < -0.39 is 11.8 Å². The van der Waals surface area contributed by atoms with Gasteiger partial charge < -0.3 is 20.5 Å². The second-order valence-electron chi connectivity index (χ2n) is 4.91. The third kappa shape index (κ3) is 3.88. The van der Waals surface area contributed by atoms with E-state index in [1.807, 2.05) is 19.1 Å². The van der Waals surface area contributed by atoms with Crippen LogP contribution in [0.1, 0.15) is 22.8 Å². The van der Waals surface area contributed by atoms with Gasteiger partial charge in [-0.2, -0.15) is 0 Å². The molecule has 1 aromatic heterocycles. The Labute approximate surface area is 133 Å². The number of benzene rings is 1. The van der Waals surface area contributed by atoms with Crippen molar-refractivity contribution in [3.8, 4) is 5.75 Å². The number of rotatable bonds is 6. The monoisotopic (exact) mass is 319 g/mol. The quantitative estimate of drug-likeness (QED) is 0.757. The van der Waals surface area contributed by atoms with E-state index >= 15 is 0 Å². The average Bonchev–Trinajstić information content (AvgIpc) is 2.49. The van der Waals surface area contributed by atoms with Crippen LogP contribution in [0, 0.1) is 12.7 Å². The van der Waals surface area contributed by atoms with Crippen LogP contribution in [0.15, 0.2) is 24.3 Å². The number of nitrogens with zero attached hydrogens (tertiary/aromatic N) is 1. The van der Waals surface area contributed by atoms with Gasteiger partial charge in [0.25, 0.3) is 0 Å². The Hall–Kier alpha value is -2.83. The van der Waals surface area contributed by atoms with E-state index in [-0.39, 0.29) is 17.2 Å². The largest absolute Gasteiger partial charge is 0.497 e. The van der Waals surface area contributed by atoms with Crippen LogP contribution < -0.4 is 15.4 Å². The first-order valence-electron chi connectivity index (χ1n) is 7.05. The van der Waals surface area contributed by atoms with Crippen molar-refractivity contribution < 1.29 is 19.0 Å². The Morgan fingerprint density at radius 3 is 2.65 bits per heavy atom. The summed E-state index contributed by atoms with van der Waals surface area (Å²) in [5.74, 6) is -1.29. The fourth-order valence-corrected chi connectivity index (χ4v) is 2.11. The highest BCUT2D eigenvalue weighted by atomic mass is 19.1. The van der Waals surface area contributed by atoms with E-state index in [9.17, 15) is 14.3 Å². The zero-order valence-electron chi connectivity index (χ0n) is 13.1. The lowest BCUT2D eigenvalue weighted by Gasteiger charge is -2.13. The average molecular weight is 319 g/mol. The lowest BCUT2D eigenvalue weighted by atomic mass is 10.2. The van der Waals surface area contributed by atoms with Crippen molar-refractivity contribution in [1.82, 2.24) is 4.98 Å². The fourth-order valence-electron chi connectivity index (χ4n) is 2.11. The predicted molar refractivity (Wildman–Crippen MR) is 86.3 cm³/mol. The van der Waals surface area contributed by atoms with Gasteiger partial charge in [0.1, 0.15) is 17.1 Å². The van der Waals surface area contributed by atoms with Gasteiger partial charge in [-0.1, -0.05) is 0 Å². The molecule has 0 atom stereocenters. The molecule has 0 saturated heterocycles. The Bertz CT molecular complexity index is 735. The number of methoxy groups -OCH3 is 1. The van der Waals surface area contributed by atoms with Crippen molar-refractivity contribution in [2.75, 3.05) is 24.3 Å². The molecular formula is C16H18FN3O3. The van der Waals surface area contributed by atoms with Crippen molar-refractivity contribution in [3.63, 3.8) is 0 Å². The molecule has 0 fully saturated rings. The number of pyridine rings is 1. The molecule has 0 saturated carbocycles. The Balaban J connectivity index is 2.46. The minimum atomic E-state index is -1.26. The number of halogens is 1. The lowest BCUT2D eigenvalue weighted by Crippen LogP contribution is -2.10. The number of aryl methyl sites for hydroxylation is 1. The van der Waals surface area contributed by atoms with Gasteiger partial charge in [0.05, 0.1) is 7.11 Å². The molecule has 0 spiro atoms. The van der Waals surface area contributed by atoms with E-state index in [2.05, 4.69) is 15.6 Å². The number of ether oxygens (including phenoxy) is 1. The highest BCUT2D eigenvalue weighted by molar-refractivity contribution is 5.94. The maximum Gasteiger partial charge on any atom is 0.339 e. The molecule has 1 heterocycles. The zero-order valence-corrected chi connectivity index (χ0v) is 13.1. The van der Waals surface area contributed by atoms with Crippen LogP contribution >= 0.6 is 0 Å². The third-order valence-electron chi connectivity index (χ3n) is 3.10. The zero-order chi connectivity index (χ0) is 17.0. The summed E-state index contributed by atoms with van der Waals surface area (Å²) < 4.78 is 19.0. The van der Waals surface area contributed by atoms with Gasteiger partial charge in [-0.3, -0.25) is 0 Å². The molecule has 0 amide bonds. The Kier molecular flexibility index (Phi) is 5.00. The standard InChI is InChI=1S/C16H18FN3O3/c1-4-18-15-13(17)8-12(16(21)22)14(20-15)19-10-5-9(2)6-11(7-10)23-3/h5-8H,4H2,1-3H3,(H,21,22)(H2,18,19,20). The summed E-state index contributed by atoms with van der Waals surface area (Å²) in [5.41, 5.74) is 1.29. The Morgan fingerprint density at radius 2 is 2.04 bits per heavy atom. The fraction of sp³-hybridized carbons (Fsp3) is 0.250. The number of hydrogen-bond acceptors (Lipinski definition) is 5. The van der Waals surface area contributed by atoms with E-state index in [1.165, 1.54) is 0 Å². The van der Waals surface area contributed by atoms with E-state index in [0.717, 1.165) is 11.6 Å². The summed E-state index contributed by atoms with van der Waals surface area (Å²) in [7, 11) is 1.54. The van der Waals surface area contributed by atoms with Crippen molar-refractivity contribution in [1.29, 1.82) is 0 Å². The van der Waals surface area contributed by atoms with Gasteiger partial charge in [0.2, 0.25) is 0 Å². The van der Waals surface area contributed by atoms with Crippen LogP contribution in [0.3, 0.4) is 0 Å². The van der Waals surface area contributed by atoms with E-state index in [4.69, 9.17) is 4.74 Å². The van der Waals surface area contributed by atoms with Crippen LogP contribution in [0.4, 0.5) is 21.7 Å². The second-order valence-corrected chi connectivity index (χ2v) is 4.91. The van der Waals surface area contributed by atoms with Gasteiger partial charge >= 0.3 is 5.97 Å². The molecule has 0 aliphatic rings. The van der Waals surface area contributed by atoms with Crippen LogP contribution in [0.2, 0.25) is 0 Å². The van der Waals surface area contributed by atoms with Crippen LogP contribution in [-0.4, -0.2) is 29.7 Å². The molecule has 0 bridgehead atoms. The maximum atomic E-state index is 13.9. The number of aromatic nitrogens is 1. The summed E-state index contributed by atoms with van der Waals surface area (Å²) in [6.07, 6.45) is 0. The number of hydrogen-bond donors (Lipinski definition) is 3. The molecule has 122 valence electrons. The summed E-state index contributed by atoms with van der Waals surface area (Å²) >= 11 is 0. The maximum absolute atomic E-state index is 13.9. The number of aromatic carboxylic acids is 1. The molecular weight excluding hydrogens is 301 g/mol. The van der Waals surface area contributed by atoms with Crippen molar-refractivity contribution in [2.24, 2.45) is 0 Å². The van der Waals surface area contributed by atoms with E-state index in [0.29, 0.717) is 18.0 Å². The van der Waals surface area contributed by atoms with E-state index in [1.54, 1.807) is 20.1 Å². The second kappa shape index (κ2) is 6.95. The van der Waals surface area contributed by atoms with Gasteiger partial charge in [0, 0.05) is 18.3 Å². The first-order chi connectivity index (χ1) is 10.9. The molecule has 2 aromatic rings. The number of carbonyl (C=O) groups is 1. The molecule has 23 heavy (non-hydrogen) atoms. The summed E-state index contributed by atoms with van der Waals surface area (Å²) in [6.45, 7) is 4.15. The predicted octanol–water partition coefficient (Wildman–Crippen LogP) is 3.41. The highest BCUT2D eigenvalue weighted by Gasteiger charge is 2.17. The molecule has 0 unspecified atom stereocenters. The molecule has 0 aliphatic carbocycles.